The molecule has 0 radical (unpaired) electrons. The van der Waals surface area contributed by atoms with Gasteiger partial charge in [0.2, 0.25) is 0 Å². The van der Waals surface area contributed by atoms with E-state index in [4.69, 9.17) is 0 Å². The van der Waals surface area contributed by atoms with Crippen LogP contribution in [0.2, 0.25) is 0 Å². The fourth-order valence-electron chi connectivity index (χ4n) is 2.24. The minimum absolute atomic E-state index is 0.634. The van der Waals surface area contributed by atoms with Gasteiger partial charge in [-0.3, -0.25) is 0 Å². The normalized spacial score (nSPS) is 22.9. The van der Waals surface area contributed by atoms with E-state index in [0.717, 1.165) is 12.1 Å². The summed E-state index contributed by atoms with van der Waals surface area (Å²) < 4.78 is 0. The third kappa shape index (κ3) is 3.58. The summed E-state index contributed by atoms with van der Waals surface area (Å²) in [6, 6.07) is 2.17. The van der Waals surface area contributed by atoms with Gasteiger partial charge in [-0.25, -0.2) is 0 Å². The maximum atomic E-state index is 3.63. The first-order valence-corrected chi connectivity index (χ1v) is 6.13. The van der Waals surface area contributed by atoms with Gasteiger partial charge in [0, 0.05) is 18.1 Å². The number of rotatable bonds is 4. The second kappa shape index (κ2) is 5.72. The van der Waals surface area contributed by atoms with Crippen molar-refractivity contribution < 1.29 is 0 Å². The molecule has 1 aliphatic heterocycles. The van der Waals surface area contributed by atoms with Gasteiger partial charge < -0.3 is 10.2 Å². The minimum Gasteiger partial charge on any atom is -0.312 e. The Balaban J connectivity index is 2.24. The van der Waals surface area contributed by atoms with Crippen molar-refractivity contribution in [2.24, 2.45) is 0 Å². The van der Waals surface area contributed by atoms with Gasteiger partial charge >= 0.3 is 0 Å². The lowest BCUT2D eigenvalue weighted by atomic mass is 10.0. The van der Waals surface area contributed by atoms with Gasteiger partial charge in [-0.1, -0.05) is 20.8 Å². The largest absolute Gasteiger partial charge is 0.312 e. The minimum atomic E-state index is 0.634. The van der Waals surface area contributed by atoms with Crippen molar-refractivity contribution in [3.63, 3.8) is 0 Å². The van der Waals surface area contributed by atoms with Crippen LogP contribution >= 0.6 is 0 Å². The topological polar surface area (TPSA) is 15.3 Å². The van der Waals surface area contributed by atoms with Crippen molar-refractivity contribution in [2.75, 3.05) is 13.1 Å². The Morgan fingerprint density at radius 3 is 2.21 bits per heavy atom. The van der Waals surface area contributed by atoms with Crippen LogP contribution in [-0.2, 0) is 0 Å². The molecule has 14 heavy (non-hydrogen) atoms. The molecule has 1 N–H and O–H groups in total. The van der Waals surface area contributed by atoms with Crippen molar-refractivity contribution in [3.05, 3.63) is 0 Å². The van der Waals surface area contributed by atoms with E-state index in [2.05, 4.69) is 37.9 Å². The summed E-state index contributed by atoms with van der Waals surface area (Å²) >= 11 is 0. The number of hydrogen-bond acceptors (Lipinski definition) is 2. The first-order chi connectivity index (χ1) is 6.63. The molecule has 0 aromatic rings. The average Bonchev–Trinajstić information content (AvgIpc) is 2.17. The summed E-state index contributed by atoms with van der Waals surface area (Å²) in [5.74, 6) is 0. The molecule has 1 heterocycles. The molecule has 2 nitrogen and oxygen atoms in total. The predicted octanol–water partition coefficient (Wildman–Crippen LogP) is 2.25. The van der Waals surface area contributed by atoms with Crippen LogP contribution in [0.25, 0.3) is 0 Å². The van der Waals surface area contributed by atoms with E-state index >= 15 is 0 Å². The molecule has 1 atom stereocenters. The smallest absolute Gasteiger partial charge is 0.00937 e. The third-order valence-electron chi connectivity index (χ3n) is 3.31. The number of nitrogens with zero attached hydrogens (tertiary/aromatic N) is 1. The zero-order chi connectivity index (χ0) is 10.6. The average molecular weight is 198 g/mol. The van der Waals surface area contributed by atoms with Crippen molar-refractivity contribution in [1.82, 2.24) is 10.2 Å². The highest BCUT2D eigenvalue weighted by atomic mass is 15.2. The predicted molar refractivity (Wildman–Crippen MR) is 62.6 cm³/mol. The Kier molecular flexibility index (Phi) is 4.90. The van der Waals surface area contributed by atoms with Gasteiger partial charge in [0.15, 0.2) is 0 Å². The van der Waals surface area contributed by atoms with Crippen LogP contribution < -0.4 is 5.32 Å². The third-order valence-corrected chi connectivity index (χ3v) is 3.31. The van der Waals surface area contributed by atoms with Gasteiger partial charge in [-0.15, -0.1) is 0 Å². The first-order valence-electron chi connectivity index (χ1n) is 6.13. The second-order valence-electron chi connectivity index (χ2n) is 4.89. The first kappa shape index (κ1) is 12.0. The van der Waals surface area contributed by atoms with E-state index in [-0.39, 0.29) is 0 Å². The van der Waals surface area contributed by atoms with Gasteiger partial charge in [0.1, 0.15) is 0 Å². The molecule has 0 aromatic heterocycles. The molecule has 0 aromatic carbocycles. The number of nitrogens with one attached hydrogen (secondary N) is 1. The van der Waals surface area contributed by atoms with Gasteiger partial charge in [0.25, 0.3) is 0 Å². The summed E-state index contributed by atoms with van der Waals surface area (Å²) in [7, 11) is 0. The maximum Gasteiger partial charge on any atom is 0.00937 e. The molecule has 1 aliphatic rings. The molecule has 1 unspecified atom stereocenters. The van der Waals surface area contributed by atoms with Crippen LogP contribution in [0.4, 0.5) is 0 Å². The van der Waals surface area contributed by atoms with E-state index in [1.807, 2.05) is 0 Å². The van der Waals surface area contributed by atoms with Gasteiger partial charge in [-0.05, 0) is 39.3 Å². The fourth-order valence-corrected chi connectivity index (χ4v) is 2.24. The van der Waals surface area contributed by atoms with E-state index < -0.39 is 0 Å². The Morgan fingerprint density at radius 2 is 1.79 bits per heavy atom. The van der Waals surface area contributed by atoms with Crippen LogP contribution in [0.15, 0.2) is 0 Å². The van der Waals surface area contributed by atoms with Gasteiger partial charge in [-0.2, -0.15) is 0 Å². The Hall–Kier alpha value is -0.0800. The van der Waals surface area contributed by atoms with E-state index in [0.29, 0.717) is 6.04 Å². The number of likely N-dealkylation sites (tertiary alicyclic amines) is 1. The van der Waals surface area contributed by atoms with Crippen molar-refractivity contribution >= 4 is 0 Å². The zero-order valence-electron chi connectivity index (χ0n) is 10.2. The molecule has 0 aliphatic carbocycles. The quantitative estimate of drug-likeness (QED) is 0.745. The summed E-state index contributed by atoms with van der Waals surface area (Å²) in [6.45, 7) is 11.7. The summed E-state index contributed by atoms with van der Waals surface area (Å²) in [5.41, 5.74) is 0. The van der Waals surface area contributed by atoms with Crippen LogP contribution in [0, 0.1) is 0 Å². The Bertz CT molecular complexity index is 148. The molecule has 1 saturated heterocycles. The van der Waals surface area contributed by atoms with Crippen LogP contribution in [-0.4, -0.2) is 36.1 Å². The fraction of sp³-hybridized carbons (Fsp3) is 1.00. The monoisotopic (exact) mass is 198 g/mol. The highest BCUT2D eigenvalue weighted by molar-refractivity contribution is 4.80. The lowest BCUT2D eigenvalue weighted by molar-refractivity contribution is 0.146. The molecule has 2 heteroatoms. The Labute approximate surface area is 89.1 Å². The molecule has 84 valence electrons. The second-order valence-corrected chi connectivity index (χ2v) is 4.89. The van der Waals surface area contributed by atoms with Gasteiger partial charge in [0.05, 0.1) is 0 Å². The SMILES string of the molecule is CCC(C)N1CCC(NC(C)C)CC1. The van der Waals surface area contributed by atoms with Crippen LogP contribution in [0.3, 0.4) is 0 Å². The molecular weight excluding hydrogens is 172 g/mol. The molecule has 0 amide bonds. The highest BCUT2D eigenvalue weighted by Crippen LogP contribution is 2.14. The van der Waals surface area contributed by atoms with Crippen molar-refractivity contribution in [1.29, 1.82) is 0 Å². The van der Waals surface area contributed by atoms with Crippen molar-refractivity contribution in [2.45, 2.75) is 65.1 Å². The van der Waals surface area contributed by atoms with Crippen LogP contribution in [0.5, 0.6) is 0 Å². The number of hydrogen-bond donors (Lipinski definition) is 1. The lowest BCUT2D eigenvalue weighted by Crippen LogP contribution is -2.47. The zero-order valence-corrected chi connectivity index (χ0v) is 10.2. The molecule has 0 bridgehead atoms. The van der Waals surface area contributed by atoms with E-state index in [1.165, 1.54) is 32.4 Å². The van der Waals surface area contributed by atoms with Crippen LogP contribution in [0.1, 0.15) is 47.0 Å². The molecule has 0 saturated carbocycles. The lowest BCUT2D eigenvalue weighted by Gasteiger charge is -2.36. The molecule has 0 spiro atoms. The van der Waals surface area contributed by atoms with Crippen molar-refractivity contribution in [3.8, 4) is 0 Å². The summed E-state index contributed by atoms with van der Waals surface area (Å²) in [5, 5.41) is 3.63. The maximum absolute atomic E-state index is 3.63. The van der Waals surface area contributed by atoms with E-state index in [9.17, 15) is 0 Å². The summed E-state index contributed by atoms with van der Waals surface area (Å²) in [4.78, 5) is 2.62. The number of piperidine rings is 1. The highest BCUT2D eigenvalue weighted by Gasteiger charge is 2.21. The Morgan fingerprint density at radius 1 is 1.21 bits per heavy atom. The molecule has 1 rings (SSSR count). The molecular formula is C12H26N2. The standard InChI is InChI=1S/C12H26N2/c1-5-11(4)14-8-6-12(7-9-14)13-10(2)3/h10-13H,5-9H2,1-4H3. The summed E-state index contributed by atoms with van der Waals surface area (Å²) in [6.07, 6.45) is 3.92. The van der Waals surface area contributed by atoms with E-state index in [1.54, 1.807) is 0 Å². The molecule has 1 fully saturated rings.